The first kappa shape index (κ1) is 29.2. The highest BCUT2D eigenvalue weighted by molar-refractivity contribution is 7.92. The van der Waals surface area contributed by atoms with E-state index in [1.807, 2.05) is 44.3 Å². The Balaban J connectivity index is 0.000000934. The van der Waals surface area contributed by atoms with Crippen LogP contribution in [0.3, 0.4) is 0 Å². The zero-order valence-corrected chi connectivity index (χ0v) is 23.8. The van der Waals surface area contributed by atoms with Gasteiger partial charge in [0.25, 0.3) is 6.01 Å². The molecule has 3 aromatic rings. The van der Waals surface area contributed by atoms with Crippen LogP contribution >= 0.6 is 0 Å². The number of nitrogens with zero attached hydrogens (tertiary/aromatic N) is 2. The van der Waals surface area contributed by atoms with Crippen LogP contribution < -0.4 is 10.1 Å². The van der Waals surface area contributed by atoms with E-state index in [0.717, 1.165) is 29.7 Å². The highest BCUT2D eigenvalue weighted by Gasteiger charge is 2.25. The van der Waals surface area contributed by atoms with Gasteiger partial charge in [-0.05, 0) is 49.9 Å². The molecule has 4 rings (SSSR count). The van der Waals surface area contributed by atoms with E-state index < -0.39 is 15.1 Å². The van der Waals surface area contributed by atoms with Crippen molar-refractivity contribution in [3.8, 4) is 17.1 Å². The van der Waals surface area contributed by atoms with Crippen LogP contribution in [0, 0.1) is 0 Å². The lowest BCUT2D eigenvalue weighted by Gasteiger charge is -2.16. The van der Waals surface area contributed by atoms with E-state index in [0.29, 0.717) is 30.0 Å². The molecular formula is C30H39N3O4S. The first-order valence-corrected chi connectivity index (χ1v) is 14.9. The van der Waals surface area contributed by atoms with Crippen molar-refractivity contribution in [1.82, 2.24) is 4.98 Å². The Morgan fingerprint density at radius 2 is 1.74 bits per heavy atom. The third kappa shape index (κ3) is 7.13. The van der Waals surface area contributed by atoms with Crippen molar-refractivity contribution < 1.29 is 17.6 Å². The van der Waals surface area contributed by atoms with Crippen LogP contribution in [0.15, 0.2) is 69.0 Å². The minimum Gasteiger partial charge on any atom is -0.495 e. The Bertz CT molecular complexity index is 1350. The minimum absolute atomic E-state index is 0.241. The Labute approximate surface area is 227 Å². The van der Waals surface area contributed by atoms with Gasteiger partial charge in [0.2, 0.25) is 0 Å². The van der Waals surface area contributed by atoms with Gasteiger partial charge in [-0.25, -0.2) is 13.4 Å². The molecule has 8 heteroatoms. The number of oxazole rings is 1. The molecule has 0 saturated carbocycles. The first-order valence-electron chi connectivity index (χ1n) is 13.4. The van der Waals surface area contributed by atoms with Gasteiger partial charge in [0, 0.05) is 17.3 Å². The van der Waals surface area contributed by atoms with Crippen LogP contribution in [-0.4, -0.2) is 32.0 Å². The molecule has 0 amide bonds. The molecule has 0 spiro atoms. The van der Waals surface area contributed by atoms with E-state index in [2.05, 4.69) is 35.2 Å². The van der Waals surface area contributed by atoms with Gasteiger partial charge in [-0.1, -0.05) is 64.8 Å². The number of benzene rings is 2. The molecule has 0 unspecified atom stereocenters. The zero-order chi connectivity index (χ0) is 27.5. The molecule has 7 nitrogen and oxygen atoms in total. The van der Waals surface area contributed by atoms with Gasteiger partial charge in [0.15, 0.2) is 15.6 Å². The van der Waals surface area contributed by atoms with Gasteiger partial charge in [0.05, 0.1) is 34.8 Å². The lowest BCUT2D eigenvalue weighted by atomic mass is 10.0. The summed E-state index contributed by atoms with van der Waals surface area (Å²) in [6.07, 6.45) is 11.4. The molecule has 0 atom stereocenters. The molecule has 0 radical (unpaired) electrons. The highest BCUT2D eigenvalue weighted by atomic mass is 32.2. The molecule has 1 aromatic heterocycles. The maximum Gasteiger partial charge on any atom is 0.299 e. The average molecular weight is 538 g/mol. The zero-order valence-electron chi connectivity index (χ0n) is 23.0. The minimum atomic E-state index is -3.46. The molecular weight excluding hydrogens is 498 g/mol. The van der Waals surface area contributed by atoms with E-state index in [-0.39, 0.29) is 10.9 Å². The Hall–Kier alpha value is -3.39. The smallest absolute Gasteiger partial charge is 0.299 e. The van der Waals surface area contributed by atoms with Crippen LogP contribution in [0.2, 0.25) is 0 Å². The van der Waals surface area contributed by atoms with Crippen molar-refractivity contribution in [3.63, 3.8) is 0 Å². The molecule has 0 bridgehead atoms. The number of ether oxygens (including phenoxy) is 1. The number of allylic oxidation sites excluding steroid dienone is 1. The number of methoxy groups -OCH3 is 1. The molecule has 0 aliphatic carbocycles. The normalized spacial score (nSPS) is 13.1. The molecule has 1 aliphatic rings. The number of hydrogen-bond acceptors (Lipinski definition) is 7. The average Bonchev–Trinajstić information content (AvgIpc) is 3.43. The molecule has 2 aromatic carbocycles. The quantitative estimate of drug-likeness (QED) is 0.281. The fourth-order valence-electron chi connectivity index (χ4n) is 4.00. The van der Waals surface area contributed by atoms with Crippen LogP contribution in [0.4, 0.5) is 11.7 Å². The van der Waals surface area contributed by atoms with Crippen molar-refractivity contribution in [2.45, 2.75) is 76.4 Å². The monoisotopic (exact) mass is 537 g/mol. The van der Waals surface area contributed by atoms with Gasteiger partial charge in [0.1, 0.15) is 5.75 Å². The summed E-state index contributed by atoms with van der Waals surface area (Å²) in [5.41, 5.74) is 3.31. The van der Waals surface area contributed by atoms with E-state index in [1.165, 1.54) is 20.0 Å². The molecule has 0 saturated heterocycles. The summed E-state index contributed by atoms with van der Waals surface area (Å²) in [7, 11) is -1.93. The maximum atomic E-state index is 13.0. The number of aliphatic imine (C=N–C) groups is 1. The van der Waals surface area contributed by atoms with Crippen LogP contribution in [0.25, 0.3) is 17.0 Å². The van der Waals surface area contributed by atoms with Gasteiger partial charge >= 0.3 is 0 Å². The summed E-state index contributed by atoms with van der Waals surface area (Å²) >= 11 is 0. The Kier molecular flexibility index (Phi) is 10.7. The standard InChI is InChI=1S/C26H29N3O4S.C4H10/c1-4-20(5-2)34(30,31)21-12-13-24(32-3)23(16-21)29-26-28-17-25(33-26)19-10-8-9-18(15-19)22-11-6-7-14-27-22;1-3-4-2/h8-17,20H,4-7H2,1-3H3,(H,28,29);3-4H2,1-2H3. The SMILES string of the molecule is CCC(CC)S(=O)(=O)c1ccc(OC)c(Nc2ncc(-c3cccc(C4=CCCC=N4)c3)o2)c1.CCCC. The second kappa shape index (κ2) is 14.0. The molecule has 38 heavy (non-hydrogen) atoms. The van der Waals surface area contributed by atoms with E-state index >= 15 is 0 Å². The second-order valence-corrected chi connectivity index (χ2v) is 11.3. The Morgan fingerprint density at radius 3 is 2.37 bits per heavy atom. The predicted octanol–water partition coefficient (Wildman–Crippen LogP) is 8.07. The van der Waals surface area contributed by atoms with Crippen molar-refractivity contribution in [1.29, 1.82) is 0 Å². The number of unbranched alkanes of at least 4 members (excludes halogenated alkanes) is 1. The van der Waals surface area contributed by atoms with E-state index in [1.54, 1.807) is 24.4 Å². The third-order valence-corrected chi connectivity index (χ3v) is 8.86. The fraction of sp³-hybridized carbons (Fsp3) is 0.400. The van der Waals surface area contributed by atoms with Crippen LogP contribution in [-0.2, 0) is 9.84 Å². The number of aromatic nitrogens is 1. The molecule has 204 valence electrons. The van der Waals surface area contributed by atoms with Crippen LogP contribution in [0.5, 0.6) is 5.75 Å². The third-order valence-electron chi connectivity index (χ3n) is 6.40. The maximum absolute atomic E-state index is 13.0. The van der Waals surface area contributed by atoms with Gasteiger partial charge in [-0.3, -0.25) is 4.99 Å². The van der Waals surface area contributed by atoms with Gasteiger partial charge < -0.3 is 14.5 Å². The molecule has 0 fully saturated rings. The number of hydrogen-bond donors (Lipinski definition) is 1. The van der Waals surface area contributed by atoms with E-state index in [9.17, 15) is 8.42 Å². The fourth-order valence-corrected chi connectivity index (χ4v) is 5.80. The summed E-state index contributed by atoms with van der Waals surface area (Å²) in [4.78, 5) is 9.06. The first-order chi connectivity index (χ1) is 18.4. The topological polar surface area (TPSA) is 93.8 Å². The van der Waals surface area contributed by atoms with Gasteiger partial charge in [-0.2, -0.15) is 0 Å². The van der Waals surface area contributed by atoms with Crippen molar-refractivity contribution in [2.75, 3.05) is 12.4 Å². The summed E-state index contributed by atoms with van der Waals surface area (Å²) in [5.74, 6) is 1.08. The number of rotatable bonds is 10. The molecule has 1 N–H and O–H groups in total. The van der Waals surface area contributed by atoms with Crippen molar-refractivity contribution >= 4 is 33.5 Å². The second-order valence-electron chi connectivity index (χ2n) is 9.06. The number of nitrogens with one attached hydrogen (secondary N) is 1. The number of sulfone groups is 1. The predicted molar refractivity (Wildman–Crippen MR) is 156 cm³/mol. The molecule has 2 heterocycles. The van der Waals surface area contributed by atoms with E-state index in [4.69, 9.17) is 9.15 Å². The summed E-state index contributed by atoms with van der Waals surface area (Å²) in [6, 6.07) is 13.0. The lowest BCUT2D eigenvalue weighted by molar-refractivity contribution is 0.416. The lowest BCUT2D eigenvalue weighted by Crippen LogP contribution is -2.19. The Morgan fingerprint density at radius 1 is 1.00 bits per heavy atom. The highest BCUT2D eigenvalue weighted by Crippen LogP contribution is 2.34. The van der Waals surface area contributed by atoms with Crippen molar-refractivity contribution in [3.05, 3.63) is 60.3 Å². The van der Waals surface area contributed by atoms with Crippen LogP contribution in [0.1, 0.15) is 71.8 Å². The summed E-state index contributed by atoms with van der Waals surface area (Å²) in [6.45, 7) is 8.13. The summed E-state index contributed by atoms with van der Waals surface area (Å²) < 4.78 is 37.4. The van der Waals surface area contributed by atoms with Crippen molar-refractivity contribution in [2.24, 2.45) is 4.99 Å². The van der Waals surface area contributed by atoms with Gasteiger partial charge in [-0.15, -0.1) is 0 Å². The molecule has 1 aliphatic heterocycles. The summed E-state index contributed by atoms with van der Waals surface area (Å²) in [5, 5.41) is 2.64. The number of anilines is 2. The largest absolute Gasteiger partial charge is 0.495 e.